The predicted octanol–water partition coefficient (Wildman–Crippen LogP) is 4.13. The number of carboxylic acid groups (broad SMARTS) is 1. The average molecular weight is 300 g/mol. The minimum absolute atomic E-state index is 0.0433. The van der Waals surface area contributed by atoms with Crippen molar-refractivity contribution >= 4 is 39.3 Å². The van der Waals surface area contributed by atoms with Gasteiger partial charge in [-0.3, -0.25) is 5.32 Å². The Labute approximate surface area is 97.2 Å². The van der Waals surface area contributed by atoms with E-state index in [-0.39, 0.29) is 20.7 Å². The Morgan fingerprint density at radius 2 is 2.13 bits per heavy atom. The number of amides is 1. The minimum atomic E-state index is -2.69. The lowest BCUT2D eigenvalue weighted by atomic mass is 10.2. The van der Waals surface area contributed by atoms with E-state index in [4.69, 9.17) is 16.7 Å². The summed E-state index contributed by atoms with van der Waals surface area (Å²) in [5, 5.41) is 10.4. The van der Waals surface area contributed by atoms with Crippen LogP contribution in [0.25, 0.3) is 0 Å². The zero-order valence-electron chi connectivity index (χ0n) is 7.10. The van der Waals surface area contributed by atoms with Gasteiger partial charge in [0.1, 0.15) is 0 Å². The first-order valence-electron chi connectivity index (χ1n) is 3.69. The van der Waals surface area contributed by atoms with Gasteiger partial charge in [-0.25, -0.2) is 13.6 Å². The maximum absolute atomic E-state index is 12.4. The van der Waals surface area contributed by atoms with E-state index in [0.717, 1.165) is 12.1 Å². The number of nitrogens with one attached hydrogen (secondary N) is 1. The molecule has 1 amide bonds. The third-order valence-electron chi connectivity index (χ3n) is 1.54. The Hall–Kier alpha value is -0.880. The smallest absolute Gasteiger partial charge is 0.409 e. The van der Waals surface area contributed by atoms with Crippen LogP contribution in [0.3, 0.4) is 0 Å². The van der Waals surface area contributed by atoms with Crippen LogP contribution in [0.2, 0.25) is 5.02 Å². The summed E-state index contributed by atoms with van der Waals surface area (Å²) in [5.41, 5.74) is -0.385. The van der Waals surface area contributed by atoms with E-state index < -0.39 is 12.5 Å². The molecule has 0 spiro atoms. The molecule has 0 radical (unpaired) electrons. The molecule has 0 fully saturated rings. The van der Waals surface area contributed by atoms with E-state index in [9.17, 15) is 13.6 Å². The summed E-state index contributed by atoms with van der Waals surface area (Å²) in [6, 6.07) is 2.13. The summed E-state index contributed by atoms with van der Waals surface area (Å²) in [7, 11) is 0. The number of carbonyl (C=O) groups is 1. The van der Waals surface area contributed by atoms with E-state index in [1.54, 1.807) is 0 Å². The number of benzene rings is 1. The first-order chi connectivity index (χ1) is 6.91. The van der Waals surface area contributed by atoms with E-state index in [0.29, 0.717) is 0 Å². The molecule has 1 aromatic rings. The number of hydrogen-bond acceptors (Lipinski definition) is 1. The van der Waals surface area contributed by atoms with Crippen LogP contribution in [-0.2, 0) is 0 Å². The SMILES string of the molecule is O=C(O)Nc1cc(C(F)F)cc(Br)c1Cl. The molecule has 2 N–H and O–H groups in total. The van der Waals surface area contributed by atoms with Crippen molar-refractivity contribution < 1.29 is 18.7 Å². The highest BCUT2D eigenvalue weighted by molar-refractivity contribution is 9.10. The third-order valence-corrected chi connectivity index (χ3v) is 2.81. The lowest BCUT2D eigenvalue weighted by molar-refractivity contribution is 0.151. The second-order valence-corrected chi connectivity index (χ2v) is 3.83. The topological polar surface area (TPSA) is 49.3 Å². The predicted molar refractivity (Wildman–Crippen MR) is 55.8 cm³/mol. The Morgan fingerprint density at radius 1 is 1.53 bits per heavy atom. The Balaban J connectivity index is 3.18. The maximum Gasteiger partial charge on any atom is 0.409 e. The highest BCUT2D eigenvalue weighted by Crippen LogP contribution is 2.35. The van der Waals surface area contributed by atoms with Crippen LogP contribution in [0.1, 0.15) is 12.0 Å². The fraction of sp³-hybridized carbons (Fsp3) is 0.125. The molecule has 0 aromatic heterocycles. The number of hydrogen-bond donors (Lipinski definition) is 2. The first kappa shape index (κ1) is 12.2. The number of anilines is 1. The van der Waals surface area contributed by atoms with Crippen molar-refractivity contribution in [3.8, 4) is 0 Å². The van der Waals surface area contributed by atoms with Gasteiger partial charge in [-0.1, -0.05) is 11.6 Å². The number of alkyl halides is 2. The highest BCUT2D eigenvalue weighted by Gasteiger charge is 2.14. The number of rotatable bonds is 2. The van der Waals surface area contributed by atoms with E-state index in [2.05, 4.69) is 15.9 Å². The van der Waals surface area contributed by atoms with Gasteiger partial charge in [0.15, 0.2) is 0 Å². The molecule has 7 heteroatoms. The highest BCUT2D eigenvalue weighted by atomic mass is 79.9. The van der Waals surface area contributed by atoms with Crippen LogP contribution in [0.5, 0.6) is 0 Å². The van der Waals surface area contributed by atoms with Gasteiger partial charge in [0.05, 0.1) is 10.7 Å². The van der Waals surface area contributed by atoms with Crippen molar-refractivity contribution in [1.29, 1.82) is 0 Å². The first-order valence-corrected chi connectivity index (χ1v) is 4.86. The van der Waals surface area contributed by atoms with Crippen LogP contribution in [-0.4, -0.2) is 11.2 Å². The molecule has 1 aromatic carbocycles. The van der Waals surface area contributed by atoms with Crippen LogP contribution < -0.4 is 5.32 Å². The molecule has 0 atom stereocenters. The average Bonchev–Trinajstić information content (AvgIpc) is 2.11. The molecule has 0 saturated heterocycles. The molecule has 3 nitrogen and oxygen atoms in total. The monoisotopic (exact) mass is 299 g/mol. The van der Waals surface area contributed by atoms with Crippen molar-refractivity contribution in [1.82, 2.24) is 0 Å². The van der Waals surface area contributed by atoms with Gasteiger partial charge in [-0.15, -0.1) is 0 Å². The summed E-state index contributed by atoms with van der Waals surface area (Å²) in [6.07, 6.45) is -4.05. The normalized spacial score (nSPS) is 10.5. The molecule has 1 rings (SSSR count). The van der Waals surface area contributed by atoms with E-state index in [1.165, 1.54) is 0 Å². The van der Waals surface area contributed by atoms with Gasteiger partial charge in [0.2, 0.25) is 0 Å². The standard InChI is InChI=1S/C8H5BrClF2NO2/c9-4-1-3(7(11)12)2-5(6(4)10)13-8(14)15/h1-2,7,13H,(H,14,15). The molecular formula is C8H5BrClF2NO2. The van der Waals surface area contributed by atoms with E-state index in [1.807, 2.05) is 5.32 Å². The van der Waals surface area contributed by atoms with Gasteiger partial charge in [-0.05, 0) is 28.1 Å². The largest absolute Gasteiger partial charge is 0.465 e. The van der Waals surface area contributed by atoms with Gasteiger partial charge in [-0.2, -0.15) is 0 Å². The fourth-order valence-electron chi connectivity index (χ4n) is 0.942. The van der Waals surface area contributed by atoms with Gasteiger partial charge in [0.25, 0.3) is 6.43 Å². The molecule has 15 heavy (non-hydrogen) atoms. The molecular weight excluding hydrogens is 295 g/mol. The van der Waals surface area contributed by atoms with Gasteiger partial charge in [0, 0.05) is 10.0 Å². The lowest BCUT2D eigenvalue weighted by Gasteiger charge is -2.08. The molecule has 0 unspecified atom stereocenters. The van der Waals surface area contributed by atoms with Crippen molar-refractivity contribution in [2.24, 2.45) is 0 Å². The van der Waals surface area contributed by atoms with Crippen molar-refractivity contribution in [3.63, 3.8) is 0 Å². The summed E-state index contributed by atoms with van der Waals surface area (Å²) >= 11 is 8.65. The Morgan fingerprint density at radius 3 is 2.60 bits per heavy atom. The van der Waals surface area contributed by atoms with Gasteiger partial charge < -0.3 is 5.11 Å². The number of halogens is 4. The van der Waals surface area contributed by atoms with Crippen molar-refractivity contribution in [2.75, 3.05) is 5.32 Å². The second kappa shape index (κ2) is 4.76. The maximum atomic E-state index is 12.4. The molecule has 0 aliphatic heterocycles. The van der Waals surface area contributed by atoms with Gasteiger partial charge >= 0.3 is 6.09 Å². The van der Waals surface area contributed by atoms with Crippen molar-refractivity contribution in [3.05, 3.63) is 27.2 Å². The van der Waals surface area contributed by atoms with Crippen LogP contribution in [0.15, 0.2) is 16.6 Å². The lowest BCUT2D eigenvalue weighted by Crippen LogP contribution is -2.08. The van der Waals surface area contributed by atoms with E-state index >= 15 is 0 Å². The Bertz CT molecular complexity index is 400. The van der Waals surface area contributed by atoms with Crippen LogP contribution in [0.4, 0.5) is 19.3 Å². The fourth-order valence-corrected chi connectivity index (χ4v) is 1.58. The zero-order valence-corrected chi connectivity index (χ0v) is 9.44. The zero-order chi connectivity index (χ0) is 11.6. The molecule has 0 aliphatic carbocycles. The molecule has 82 valence electrons. The molecule has 0 heterocycles. The molecule has 0 saturated carbocycles. The van der Waals surface area contributed by atoms with Crippen molar-refractivity contribution in [2.45, 2.75) is 6.43 Å². The quantitative estimate of drug-likeness (QED) is 0.862. The molecule has 0 aliphatic rings. The van der Waals surface area contributed by atoms with Crippen LogP contribution >= 0.6 is 27.5 Å². The summed E-state index contributed by atoms with van der Waals surface area (Å²) in [4.78, 5) is 10.3. The second-order valence-electron chi connectivity index (χ2n) is 2.60. The van der Waals surface area contributed by atoms with Crippen LogP contribution in [0, 0.1) is 0 Å². The molecule has 0 bridgehead atoms. The Kier molecular flexibility index (Phi) is 3.87. The summed E-state index contributed by atoms with van der Waals surface area (Å²) in [5.74, 6) is 0. The summed E-state index contributed by atoms with van der Waals surface area (Å²) < 4.78 is 24.9. The summed E-state index contributed by atoms with van der Waals surface area (Å²) in [6.45, 7) is 0. The minimum Gasteiger partial charge on any atom is -0.465 e. The third kappa shape index (κ3) is 3.04.